The van der Waals surface area contributed by atoms with Crippen molar-refractivity contribution in [2.24, 2.45) is 0 Å². The molecule has 0 bridgehead atoms. The van der Waals surface area contributed by atoms with E-state index < -0.39 is 0 Å². The van der Waals surface area contributed by atoms with Crippen molar-refractivity contribution < 1.29 is 4.74 Å². The zero-order valence-corrected chi connectivity index (χ0v) is 16.5. The molecule has 0 fully saturated rings. The molecule has 0 aliphatic carbocycles. The number of aromatic nitrogens is 2. The molecule has 0 saturated carbocycles. The van der Waals surface area contributed by atoms with Crippen molar-refractivity contribution in [1.29, 1.82) is 5.26 Å². The van der Waals surface area contributed by atoms with E-state index >= 15 is 0 Å². The Hall–Kier alpha value is -3.20. The van der Waals surface area contributed by atoms with Gasteiger partial charge < -0.3 is 4.74 Å². The first-order valence-corrected chi connectivity index (χ1v) is 9.71. The second-order valence-electron chi connectivity index (χ2n) is 6.00. The van der Waals surface area contributed by atoms with Gasteiger partial charge in [-0.15, -0.1) is 11.3 Å². The highest BCUT2D eigenvalue weighted by molar-refractivity contribution is 7.11. The zero-order valence-electron chi connectivity index (χ0n) is 14.9. The first-order chi connectivity index (χ1) is 13.7. The molecular weight excluding hydrogens is 390 g/mol. The number of hydrogen-bond donors (Lipinski definition) is 0. The van der Waals surface area contributed by atoms with E-state index in [1.807, 2.05) is 60.0 Å². The SMILES string of the molecule is COc1ccc(-c2csc(C(C#N)=Cc3cc4ccccc4nc3Cl)n2)cc1. The first-order valence-electron chi connectivity index (χ1n) is 8.45. The third-order valence-corrected chi connectivity index (χ3v) is 5.42. The molecule has 2 aromatic heterocycles. The van der Waals surface area contributed by atoms with Gasteiger partial charge in [0.15, 0.2) is 0 Å². The molecule has 2 heterocycles. The van der Waals surface area contributed by atoms with E-state index in [4.69, 9.17) is 16.3 Å². The third kappa shape index (κ3) is 3.61. The van der Waals surface area contributed by atoms with Gasteiger partial charge in [-0.3, -0.25) is 0 Å². The van der Waals surface area contributed by atoms with Gasteiger partial charge in [-0.05, 0) is 42.5 Å². The predicted octanol–water partition coefficient (Wildman–Crippen LogP) is 6.08. The van der Waals surface area contributed by atoms with Crippen LogP contribution in [0.1, 0.15) is 10.6 Å². The maximum Gasteiger partial charge on any atom is 0.137 e. The fourth-order valence-corrected chi connectivity index (χ4v) is 3.79. The Balaban J connectivity index is 1.70. The zero-order chi connectivity index (χ0) is 19.5. The number of thiazole rings is 1. The molecule has 136 valence electrons. The maximum absolute atomic E-state index is 9.66. The van der Waals surface area contributed by atoms with Gasteiger partial charge in [0, 0.05) is 21.9 Å². The Morgan fingerprint density at radius 1 is 1.14 bits per heavy atom. The van der Waals surface area contributed by atoms with Gasteiger partial charge in [-0.25, -0.2) is 9.97 Å². The highest BCUT2D eigenvalue weighted by Gasteiger charge is 2.11. The van der Waals surface area contributed by atoms with Gasteiger partial charge in [-0.2, -0.15) is 5.26 Å². The monoisotopic (exact) mass is 403 g/mol. The van der Waals surface area contributed by atoms with Crippen LogP contribution in [0.2, 0.25) is 5.15 Å². The quantitative estimate of drug-likeness (QED) is 0.306. The smallest absolute Gasteiger partial charge is 0.137 e. The highest BCUT2D eigenvalue weighted by Crippen LogP contribution is 2.30. The summed E-state index contributed by atoms with van der Waals surface area (Å²) in [6.45, 7) is 0. The summed E-state index contributed by atoms with van der Waals surface area (Å²) in [6, 6.07) is 19.5. The molecule has 4 nitrogen and oxygen atoms in total. The summed E-state index contributed by atoms with van der Waals surface area (Å²) < 4.78 is 5.19. The van der Waals surface area contributed by atoms with Crippen molar-refractivity contribution in [3.05, 3.63) is 75.7 Å². The van der Waals surface area contributed by atoms with Crippen molar-refractivity contribution in [1.82, 2.24) is 9.97 Å². The van der Waals surface area contributed by atoms with Crippen LogP contribution in [-0.4, -0.2) is 17.1 Å². The van der Waals surface area contributed by atoms with Crippen LogP contribution in [0.4, 0.5) is 0 Å². The Labute approximate surface area is 171 Å². The Bertz CT molecular complexity index is 1220. The number of hydrogen-bond acceptors (Lipinski definition) is 5. The van der Waals surface area contributed by atoms with E-state index in [1.165, 1.54) is 11.3 Å². The predicted molar refractivity (Wildman–Crippen MR) is 114 cm³/mol. The lowest BCUT2D eigenvalue weighted by Crippen LogP contribution is -1.87. The summed E-state index contributed by atoms with van der Waals surface area (Å²) in [5.74, 6) is 0.787. The number of para-hydroxylation sites is 1. The second kappa shape index (κ2) is 7.81. The van der Waals surface area contributed by atoms with Crippen molar-refractivity contribution in [2.45, 2.75) is 0 Å². The number of benzene rings is 2. The van der Waals surface area contributed by atoms with E-state index in [-0.39, 0.29) is 0 Å². The minimum atomic E-state index is 0.360. The molecule has 4 rings (SSSR count). The second-order valence-corrected chi connectivity index (χ2v) is 7.21. The molecule has 0 aliphatic heterocycles. The first kappa shape index (κ1) is 18.2. The largest absolute Gasteiger partial charge is 0.497 e. The molecule has 2 aromatic carbocycles. The lowest BCUT2D eigenvalue weighted by atomic mass is 10.1. The van der Waals surface area contributed by atoms with Crippen LogP contribution in [0.3, 0.4) is 0 Å². The number of nitrogens with zero attached hydrogens (tertiary/aromatic N) is 3. The molecule has 0 saturated heterocycles. The molecule has 0 spiro atoms. The summed E-state index contributed by atoms with van der Waals surface area (Å²) in [4.78, 5) is 9.03. The number of fused-ring (bicyclic) bond motifs is 1. The van der Waals surface area contributed by atoms with Gasteiger partial charge >= 0.3 is 0 Å². The molecule has 0 radical (unpaired) electrons. The molecule has 0 unspecified atom stereocenters. The van der Waals surface area contributed by atoms with Crippen LogP contribution >= 0.6 is 22.9 Å². The minimum absolute atomic E-state index is 0.360. The number of ether oxygens (including phenoxy) is 1. The third-order valence-electron chi connectivity index (χ3n) is 4.25. The number of halogens is 1. The van der Waals surface area contributed by atoms with Crippen LogP contribution < -0.4 is 4.74 Å². The number of methoxy groups -OCH3 is 1. The number of allylic oxidation sites excluding steroid dienone is 1. The lowest BCUT2D eigenvalue weighted by Gasteiger charge is -2.03. The van der Waals surface area contributed by atoms with Crippen molar-refractivity contribution in [3.8, 4) is 23.1 Å². The van der Waals surface area contributed by atoms with Crippen LogP contribution in [0, 0.1) is 11.3 Å². The van der Waals surface area contributed by atoms with Gasteiger partial charge in [0.05, 0.1) is 23.9 Å². The normalized spacial score (nSPS) is 11.4. The molecule has 28 heavy (non-hydrogen) atoms. The highest BCUT2D eigenvalue weighted by atomic mass is 35.5. The Kier molecular flexibility index (Phi) is 5.07. The molecule has 4 aromatic rings. The van der Waals surface area contributed by atoms with E-state index in [1.54, 1.807) is 13.2 Å². The van der Waals surface area contributed by atoms with E-state index in [9.17, 15) is 5.26 Å². The fourth-order valence-electron chi connectivity index (χ4n) is 2.80. The molecule has 0 N–H and O–H groups in total. The molecule has 0 aliphatic rings. The summed E-state index contributed by atoms with van der Waals surface area (Å²) in [5, 5.41) is 13.6. The summed E-state index contributed by atoms with van der Waals surface area (Å²) >= 11 is 7.75. The minimum Gasteiger partial charge on any atom is -0.497 e. The fraction of sp³-hybridized carbons (Fsp3) is 0.0455. The standard InChI is InChI=1S/C22H14ClN3OS/c1-27-18-8-6-14(7-9-18)20-13-28-22(26-20)17(12-24)11-16-10-15-4-2-3-5-19(15)25-21(16)23/h2-11,13H,1H3. The average molecular weight is 404 g/mol. The van der Waals surface area contributed by atoms with E-state index in [2.05, 4.69) is 16.0 Å². The summed E-state index contributed by atoms with van der Waals surface area (Å²) in [7, 11) is 1.63. The Morgan fingerprint density at radius 3 is 2.68 bits per heavy atom. The van der Waals surface area contributed by atoms with Crippen molar-refractivity contribution in [2.75, 3.05) is 7.11 Å². The van der Waals surface area contributed by atoms with Crippen LogP contribution in [0.5, 0.6) is 5.75 Å². The Morgan fingerprint density at radius 2 is 1.93 bits per heavy atom. The topological polar surface area (TPSA) is 58.8 Å². The lowest BCUT2D eigenvalue weighted by molar-refractivity contribution is 0.415. The summed E-state index contributed by atoms with van der Waals surface area (Å²) in [5.41, 5.74) is 3.73. The molecule has 0 amide bonds. The number of pyridine rings is 1. The van der Waals surface area contributed by atoms with Gasteiger partial charge in [-0.1, -0.05) is 29.8 Å². The van der Waals surface area contributed by atoms with Crippen LogP contribution in [0.25, 0.3) is 33.8 Å². The molecule has 6 heteroatoms. The van der Waals surface area contributed by atoms with E-state index in [0.29, 0.717) is 21.3 Å². The van der Waals surface area contributed by atoms with Crippen LogP contribution in [0.15, 0.2) is 60.0 Å². The molecular formula is C22H14ClN3OS. The number of rotatable bonds is 4. The van der Waals surface area contributed by atoms with Gasteiger partial charge in [0.1, 0.15) is 22.0 Å². The molecule has 0 atom stereocenters. The van der Waals surface area contributed by atoms with E-state index in [0.717, 1.165) is 27.9 Å². The van der Waals surface area contributed by atoms with Gasteiger partial charge in [0.25, 0.3) is 0 Å². The van der Waals surface area contributed by atoms with Crippen molar-refractivity contribution >= 4 is 45.5 Å². The summed E-state index contributed by atoms with van der Waals surface area (Å²) in [6.07, 6.45) is 1.73. The van der Waals surface area contributed by atoms with Crippen molar-refractivity contribution in [3.63, 3.8) is 0 Å². The maximum atomic E-state index is 9.66. The van der Waals surface area contributed by atoms with Crippen LogP contribution in [-0.2, 0) is 0 Å². The average Bonchev–Trinajstić information content (AvgIpc) is 3.22. The van der Waals surface area contributed by atoms with Gasteiger partial charge in [0.2, 0.25) is 0 Å². The number of nitriles is 1.